The van der Waals surface area contributed by atoms with Gasteiger partial charge in [0.1, 0.15) is 5.75 Å². The van der Waals surface area contributed by atoms with Gasteiger partial charge in [-0.05, 0) is 43.4 Å². The molecule has 0 spiro atoms. The van der Waals surface area contributed by atoms with Crippen LogP contribution in [0.2, 0.25) is 0 Å². The summed E-state index contributed by atoms with van der Waals surface area (Å²) in [4.78, 5) is 0. The fourth-order valence-corrected chi connectivity index (χ4v) is 5.74. The maximum Gasteiger partial charge on any atom is 0.573 e. The predicted molar refractivity (Wildman–Crippen MR) is 76.0 cm³/mol. The Morgan fingerprint density at radius 3 is 2.23 bits per heavy atom. The van der Waals surface area contributed by atoms with Gasteiger partial charge in [0, 0.05) is 27.7 Å². The largest absolute Gasteiger partial charge is 0.573 e. The normalized spacial score (nSPS) is 34.6. The third-order valence-corrected chi connectivity index (χ3v) is 6.49. The third-order valence-electron chi connectivity index (χ3n) is 4.37. The third kappa shape index (κ3) is 3.46. The van der Waals surface area contributed by atoms with Crippen molar-refractivity contribution in [3.8, 4) is 5.75 Å². The lowest BCUT2D eigenvalue weighted by Gasteiger charge is -2.36. The lowest BCUT2D eigenvalue weighted by molar-refractivity contribution is -0.274. The van der Waals surface area contributed by atoms with E-state index in [1.165, 1.54) is 24.3 Å². The molecular formula is C15H17F3O3S. The van der Waals surface area contributed by atoms with Crippen molar-refractivity contribution in [2.75, 3.05) is 0 Å². The highest BCUT2D eigenvalue weighted by atomic mass is 32.2. The van der Waals surface area contributed by atoms with Gasteiger partial charge in [0.2, 0.25) is 0 Å². The van der Waals surface area contributed by atoms with Crippen molar-refractivity contribution in [3.63, 3.8) is 0 Å². The van der Waals surface area contributed by atoms with Gasteiger partial charge in [-0.15, -0.1) is 13.2 Å². The summed E-state index contributed by atoms with van der Waals surface area (Å²) < 4.78 is 52.2. The summed E-state index contributed by atoms with van der Waals surface area (Å²) in [6.45, 7) is 0. The Bertz CT molecular complexity index is 554. The van der Waals surface area contributed by atoms with Gasteiger partial charge in [0.05, 0.1) is 5.60 Å². The second kappa shape index (κ2) is 5.53. The van der Waals surface area contributed by atoms with Crippen molar-refractivity contribution in [3.05, 3.63) is 29.8 Å². The van der Waals surface area contributed by atoms with Crippen LogP contribution in [0.15, 0.2) is 24.3 Å². The Hall–Kier alpha value is -1.08. The predicted octanol–water partition coefficient (Wildman–Crippen LogP) is 2.93. The Balaban J connectivity index is 1.67. The molecule has 3 rings (SSSR count). The van der Waals surface area contributed by atoms with Crippen LogP contribution in [0.1, 0.15) is 31.2 Å². The van der Waals surface area contributed by atoms with Crippen molar-refractivity contribution >= 4 is 10.8 Å². The number of hydrogen-bond acceptors (Lipinski definition) is 3. The summed E-state index contributed by atoms with van der Waals surface area (Å²) in [5.41, 5.74) is -0.157. The van der Waals surface area contributed by atoms with Crippen LogP contribution in [0.5, 0.6) is 5.75 Å². The summed E-state index contributed by atoms with van der Waals surface area (Å²) in [5.74, 6) is -0.270. The highest BCUT2D eigenvalue weighted by Gasteiger charge is 2.47. The molecule has 0 radical (unpaired) electrons. The number of halogens is 3. The first-order valence-corrected chi connectivity index (χ1v) is 8.48. The quantitative estimate of drug-likeness (QED) is 0.924. The zero-order valence-electron chi connectivity index (χ0n) is 11.8. The minimum Gasteiger partial charge on any atom is -0.406 e. The van der Waals surface area contributed by atoms with Crippen LogP contribution in [0.3, 0.4) is 0 Å². The first kappa shape index (κ1) is 15.8. The van der Waals surface area contributed by atoms with E-state index in [0.29, 0.717) is 19.3 Å². The second-order valence-electron chi connectivity index (χ2n) is 6.15. The van der Waals surface area contributed by atoms with Gasteiger partial charge in [-0.3, -0.25) is 4.21 Å². The average molecular weight is 334 g/mol. The Labute approximate surface area is 128 Å². The Morgan fingerprint density at radius 1 is 1.18 bits per heavy atom. The van der Waals surface area contributed by atoms with E-state index in [4.69, 9.17) is 0 Å². The van der Waals surface area contributed by atoms with E-state index < -0.39 is 22.8 Å². The molecule has 2 saturated heterocycles. The summed E-state index contributed by atoms with van der Waals surface area (Å²) >= 11 is 0. The molecule has 1 aromatic carbocycles. The molecule has 2 fully saturated rings. The summed E-state index contributed by atoms with van der Waals surface area (Å²) in [5, 5.41) is 10.8. The van der Waals surface area contributed by atoms with Crippen LogP contribution in [0.4, 0.5) is 13.2 Å². The van der Waals surface area contributed by atoms with Gasteiger partial charge < -0.3 is 9.84 Å². The topological polar surface area (TPSA) is 46.5 Å². The average Bonchev–Trinajstić information content (AvgIpc) is 2.63. The summed E-state index contributed by atoms with van der Waals surface area (Å²) in [6, 6.07) is 5.57. The van der Waals surface area contributed by atoms with Crippen LogP contribution >= 0.6 is 0 Å². The highest BCUT2D eigenvalue weighted by molar-refractivity contribution is 7.86. The molecule has 2 aliphatic rings. The van der Waals surface area contributed by atoms with Gasteiger partial charge in [-0.2, -0.15) is 0 Å². The molecule has 2 heterocycles. The maximum atomic E-state index is 12.1. The van der Waals surface area contributed by atoms with Crippen LogP contribution < -0.4 is 4.74 Å². The zero-order valence-corrected chi connectivity index (χ0v) is 12.6. The minimum atomic E-state index is -4.70. The molecule has 2 atom stereocenters. The van der Waals surface area contributed by atoms with Gasteiger partial charge in [-0.25, -0.2) is 0 Å². The first-order valence-electron chi connectivity index (χ1n) is 7.21. The number of hydrogen-bond donors (Lipinski definition) is 1. The second-order valence-corrected chi connectivity index (χ2v) is 8.14. The smallest absolute Gasteiger partial charge is 0.406 e. The Kier molecular flexibility index (Phi) is 3.97. The van der Waals surface area contributed by atoms with E-state index in [2.05, 4.69) is 4.74 Å². The lowest BCUT2D eigenvalue weighted by Crippen LogP contribution is -2.44. The van der Waals surface area contributed by atoms with Crippen molar-refractivity contribution in [2.45, 2.75) is 54.6 Å². The number of alkyl halides is 3. The SMILES string of the molecule is O=S1C2CCC1CC(O)(Cc1ccc(OC(F)(F)F)cc1)C2. The van der Waals surface area contributed by atoms with Crippen LogP contribution in [-0.2, 0) is 17.2 Å². The number of benzene rings is 1. The molecule has 1 N–H and O–H groups in total. The zero-order chi connectivity index (χ0) is 16.0. The molecule has 2 unspecified atom stereocenters. The number of aliphatic hydroxyl groups is 1. The summed E-state index contributed by atoms with van der Waals surface area (Å²) in [7, 11) is -0.843. The van der Waals surface area contributed by atoms with Gasteiger partial charge in [0.25, 0.3) is 0 Å². The van der Waals surface area contributed by atoms with Gasteiger partial charge in [-0.1, -0.05) is 12.1 Å². The van der Waals surface area contributed by atoms with Crippen molar-refractivity contribution in [2.24, 2.45) is 0 Å². The Morgan fingerprint density at radius 2 is 1.73 bits per heavy atom. The van der Waals surface area contributed by atoms with Crippen molar-refractivity contribution in [1.82, 2.24) is 0 Å². The van der Waals surface area contributed by atoms with Gasteiger partial charge in [0.15, 0.2) is 0 Å². The fourth-order valence-electron chi connectivity index (χ4n) is 3.51. The molecular weight excluding hydrogens is 317 g/mol. The number of fused-ring (bicyclic) bond motifs is 2. The van der Waals surface area contributed by atoms with E-state index in [0.717, 1.165) is 18.4 Å². The van der Waals surface area contributed by atoms with E-state index in [1.807, 2.05) is 0 Å². The minimum absolute atomic E-state index is 0.0524. The van der Waals surface area contributed by atoms with E-state index in [9.17, 15) is 22.5 Å². The van der Waals surface area contributed by atoms with Crippen molar-refractivity contribution in [1.29, 1.82) is 0 Å². The lowest BCUT2D eigenvalue weighted by atomic mass is 9.87. The molecule has 0 saturated carbocycles. The molecule has 0 amide bonds. The molecule has 0 aromatic heterocycles. The number of ether oxygens (including phenoxy) is 1. The molecule has 2 bridgehead atoms. The standard InChI is InChI=1S/C15H17F3O3S/c16-15(17,18)21-11-3-1-10(2-4-11)7-14(19)8-12-5-6-13(9-14)22(12)20/h1-4,12-13,19H,5-9H2. The van der Waals surface area contributed by atoms with Gasteiger partial charge >= 0.3 is 6.36 Å². The van der Waals surface area contributed by atoms with Crippen LogP contribution in [0, 0.1) is 0 Å². The molecule has 3 nitrogen and oxygen atoms in total. The highest BCUT2D eigenvalue weighted by Crippen LogP contribution is 2.42. The monoisotopic (exact) mass is 334 g/mol. The van der Waals surface area contributed by atoms with Crippen molar-refractivity contribution < 1.29 is 27.2 Å². The van der Waals surface area contributed by atoms with Crippen LogP contribution in [0.25, 0.3) is 0 Å². The van der Waals surface area contributed by atoms with E-state index in [1.54, 1.807) is 0 Å². The van der Waals surface area contributed by atoms with E-state index in [-0.39, 0.29) is 16.2 Å². The summed E-state index contributed by atoms with van der Waals surface area (Å²) in [6.07, 6.45) is -1.57. The molecule has 0 aliphatic carbocycles. The molecule has 1 aromatic rings. The van der Waals surface area contributed by atoms with Crippen LogP contribution in [-0.4, -0.2) is 31.8 Å². The molecule has 7 heteroatoms. The fraction of sp³-hybridized carbons (Fsp3) is 0.600. The molecule has 2 aliphatic heterocycles. The number of rotatable bonds is 3. The first-order chi connectivity index (χ1) is 10.2. The maximum absolute atomic E-state index is 12.1. The van der Waals surface area contributed by atoms with E-state index >= 15 is 0 Å². The molecule has 122 valence electrons. The molecule has 22 heavy (non-hydrogen) atoms.